The van der Waals surface area contributed by atoms with E-state index in [4.69, 9.17) is 27.5 Å². The average Bonchev–Trinajstić information content (AvgIpc) is 3.27. The van der Waals surface area contributed by atoms with Crippen LogP contribution in [0.4, 0.5) is 11.5 Å². The summed E-state index contributed by atoms with van der Waals surface area (Å²) >= 11 is 6.13. The van der Waals surface area contributed by atoms with Crippen molar-refractivity contribution in [2.45, 2.75) is 31.7 Å². The summed E-state index contributed by atoms with van der Waals surface area (Å²) in [6, 6.07) is 23.6. The minimum absolute atomic E-state index is 0.126. The number of halogens is 1. The molecule has 0 bridgehead atoms. The van der Waals surface area contributed by atoms with Crippen LogP contribution in [0, 0.1) is 0 Å². The number of benzene rings is 2. The Bertz CT molecular complexity index is 1650. The molecule has 3 heterocycles. The van der Waals surface area contributed by atoms with Gasteiger partial charge in [0, 0.05) is 30.1 Å². The average molecular weight is 524 g/mol. The summed E-state index contributed by atoms with van der Waals surface area (Å²) < 4.78 is 2.01. The summed E-state index contributed by atoms with van der Waals surface area (Å²) in [6.45, 7) is 1.49. The van der Waals surface area contributed by atoms with E-state index in [0.717, 1.165) is 52.9 Å². The van der Waals surface area contributed by atoms with E-state index in [-0.39, 0.29) is 11.4 Å². The van der Waals surface area contributed by atoms with Gasteiger partial charge in [0.15, 0.2) is 11.5 Å². The van der Waals surface area contributed by atoms with Gasteiger partial charge >= 0.3 is 0 Å². The van der Waals surface area contributed by atoms with Crippen LogP contribution in [-0.4, -0.2) is 25.4 Å². The molecule has 0 atom stereocenters. The lowest BCUT2D eigenvalue weighted by molar-refractivity contribution is -0.114. The predicted octanol–water partition coefficient (Wildman–Crippen LogP) is 5.81. The number of amides is 1. The molecular formula is C29H26ClN7O. The molecule has 38 heavy (non-hydrogen) atoms. The molecule has 0 aliphatic heterocycles. The highest BCUT2D eigenvalue weighted by molar-refractivity contribution is 6.14. The molecular weight excluding hydrogens is 498 g/mol. The van der Waals surface area contributed by atoms with Crippen LogP contribution >= 0.6 is 11.8 Å². The number of nitrogens with zero attached hydrogens (tertiary/aromatic N) is 4. The van der Waals surface area contributed by atoms with Crippen LogP contribution in [0.15, 0.2) is 79.0 Å². The van der Waals surface area contributed by atoms with E-state index in [1.54, 1.807) is 6.20 Å². The predicted molar refractivity (Wildman–Crippen MR) is 151 cm³/mol. The fourth-order valence-corrected chi connectivity index (χ4v) is 5.31. The van der Waals surface area contributed by atoms with Crippen molar-refractivity contribution in [3.63, 3.8) is 0 Å². The SMILES string of the molecule is CC(=O)Nc1cccc(-c2ccc3nc(-c4cccnc4N)n(-c4ccc(C5(NCl)CCC5)cc4)c3n2)c1. The van der Waals surface area contributed by atoms with Crippen molar-refractivity contribution >= 4 is 40.4 Å². The van der Waals surface area contributed by atoms with E-state index in [2.05, 4.69) is 39.4 Å². The maximum absolute atomic E-state index is 11.6. The quantitative estimate of drug-likeness (QED) is 0.242. The van der Waals surface area contributed by atoms with Gasteiger partial charge in [0.1, 0.15) is 11.3 Å². The van der Waals surface area contributed by atoms with Gasteiger partial charge in [-0.1, -0.05) is 24.3 Å². The van der Waals surface area contributed by atoms with Crippen LogP contribution in [0.1, 0.15) is 31.7 Å². The Kier molecular flexibility index (Phi) is 6.06. The molecule has 0 unspecified atom stereocenters. The van der Waals surface area contributed by atoms with Crippen LogP contribution in [0.2, 0.25) is 0 Å². The third-order valence-corrected chi connectivity index (χ3v) is 7.49. The van der Waals surface area contributed by atoms with Crippen molar-refractivity contribution in [3.05, 3.63) is 84.6 Å². The molecule has 190 valence electrons. The van der Waals surface area contributed by atoms with E-state index in [1.165, 1.54) is 6.92 Å². The van der Waals surface area contributed by atoms with Crippen molar-refractivity contribution in [2.75, 3.05) is 11.1 Å². The highest BCUT2D eigenvalue weighted by Crippen LogP contribution is 2.42. The standard InChI is InChI=1S/C29H26ClN7O/c1-18(38)33-21-6-2-5-19(17-21)24-12-13-25-28(34-24)37(27(35-25)23-7-3-16-32-26(23)31)22-10-8-20(9-11-22)29(36-30)14-4-15-29/h2-3,5-13,16-17,36H,4,14-15H2,1H3,(H2,31,32)(H,33,38). The summed E-state index contributed by atoms with van der Waals surface area (Å²) in [5.74, 6) is 0.923. The molecule has 1 saturated carbocycles. The number of fused-ring (bicyclic) bond motifs is 1. The lowest BCUT2D eigenvalue weighted by atomic mass is 9.73. The molecule has 4 N–H and O–H groups in total. The molecule has 5 aromatic rings. The van der Waals surface area contributed by atoms with Crippen molar-refractivity contribution in [3.8, 4) is 28.3 Å². The lowest BCUT2D eigenvalue weighted by Crippen LogP contribution is -2.43. The zero-order chi connectivity index (χ0) is 26.3. The molecule has 1 amide bonds. The smallest absolute Gasteiger partial charge is 0.221 e. The van der Waals surface area contributed by atoms with Crippen molar-refractivity contribution in [2.24, 2.45) is 0 Å². The van der Waals surface area contributed by atoms with Gasteiger partial charge in [-0.15, -0.1) is 0 Å². The van der Waals surface area contributed by atoms with Crippen molar-refractivity contribution in [1.29, 1.82) is 0 Å². The van der Waals surface area contributed by atoms with E-state index >= 15 is 0 Å². The summed E-state index contributed by atoms with van der Waals surface area (Å²) in [6.07, 6.45) is 4.82. The number of pyridine rings is 2. The molecule has 0 saturated heterocycles. The first-order valence-corrected chi connectivity index (χ1v) is 12.8. The Morgan fingerprint density at radius 3 is 2.53 bits per heavy atom. The molecule has 9 heteroatoms. The van der Waals surface area contributed by atoms with Crippen LogP contribution in [-0.2, 0) is 10.3 Å². The summed E-state index contributed by atoms with van der Waals surface area (Å²) in [5.41, 5.74) is 12.6. The number of aromatic nitrogens is 4. The third-order valence-electron chi connectivity index (χ3n) is 7.13. The largest absolute Gasteiger partial charge is 0.383 e. The molecule has 8 nitrogen and oxygen atoms in total. The first kappa shape index (κ1) is 24.1. The molecule has 1 aliphatic carbocycles. The van der Waals surface area contributed by atoms with Crippen LogP contribution < -0.4 is 15.9 Å². The normalized spacial score (nSPS) is 14.3. The first-order valence-electron chi connectivity index (χ1n) is 12.4. The maximum atomic E-state index is 11.6. The fourth-order valence-electron chi connectivity index (χ4n) is 5.01. The van der Waals surface area contributed by atoms with Gasteiger partial charge in [0.05, 0.1) is 16.8 Å². The topological polar surface area (TPSA) is 111 Å². The number of imidazole rings is 1. The Hall–Kier alpha value is -4.27. The van der Waals surface area contributed by atoms with E-state index in [9.17, 15) is 4.79 Å². The summed E-state index contributed by atoms with van der Waals surface area (Å²) in [4.78, 5) is 28.8. The van der Waals surface area contributed by atoms with Gasteiger partial charge in [0.2, 0.25) is 5.91 Å². The Balaban J connectivity index is 1.52. The Labute approximate surface area is 225 Å². The van der Waals surface area contributed by atoms with Gasteiger partial charge in [0.25, 0.3) is 0 Å². The van der Waals surface area contributed by atoms with Gasteiger partial charge in [-0.3, -0.25) is 9.36 Å². The number of hydrogen-bond acceptors (Lipinski definition) is 6. The maximum Gasteiger partial charge on any atom is 0.221 e. The number of nitrogen functional groups attached to an aromatic ring is 1. The number of carbonyl (C=O) groups excluding carboxylic acids is 1. The molecule has 0 spiro atoms. The highest BCUT2D eigenvalue weighted by Gasteiger charge is 2.38. The second-order valence-corrected chi connectivity index (χ2v) is 9.77. The Morgan fingerprint density at radius 1 is 1.03 bits per heavy atom. The second kappa shape index (κ2) is 9.55. The molecule has 2 aromatic carbocycles. The van der Waals surface area contributed by atoms with E-state index in [0.29, 0.717) is 23.0 Å². The van der Waals surface area contributed by atoms with Crippen LogP contribution in [0.3, 0.4) is 0 Å². The van der Waals surface area contributed by atoms with Crippen molar-refractivity contribution in [1.82, 2.24) is 24.4 Å². The van der Waals surface area contributed by atoms with Crippen LogP contribution in [0.5, 0.6) is 0 Å². The zero-order valence-corrected chi connectivity index (χ0v) is 21.5. The summed E-state index contributed by atoms with van der Waals surface area (Å²) in [5, 5.41) is 2.83. The molecule has 6 rings (SSSR count). The lowest BCUT2D eigenvalue weighted by Gasteiger charge is -2.41. The second-order valence-electron chi connectivity index (χ2n) is 9.59. The molecule has 3 aromatic heterocycles. The minimum Gasteiger partial charge on any atom is -0.383 e. The monoisotopic (exact) mass is 523 g/mol. The van der Waals surface area contributed by atoms with Gasteiger partial charge in [-0.05, 0) is 85.1 Å². The van der Waals surface area contributed by atoms with Crippen LogP contribution in [0.25, 0.3) is 39.5 Å². The fraction of sp³-hybridized carbons (Fsp3) is 0.172. The number of hydrogen-bond donors (Lipinski definition) is 3. The number of rotatable bonds is 6. The third kappa shape index (κ3) is 4.17. The van der Waals surface area contributed by atoms with Crippen molar-refractivity contribution < 1.29 is 4.79 Å². The molecule has 1 aliphatic rings. The van der Waals surface area contributed by atoms with Gasteiger partial charge < -0.3 is 11.1 Å². The first-order chi connectivity index (χ1) is 18.5. The number of carbonyl (C=O) groups is 1. The number of nitrogens with two attached hydrogens (primary N) is 1. The van der Waals surface area contributed by atoms with Gasteiger partial charge in [-0.2, -0.15) is 0 Å². The number of anilines is 2. The Morgan fingerprint density at radius 2 is 1.84 bits per heavy atom. The van der Waals surface area contributed by atoms with E-state index < -0.39 is 0 Å². The van der Waals surface area contributed by atoms with Gasteiger partial charge in [-0.25, -0.2) is 19.8 Å². The zero-order valence-electron chi connectivity index (χ0n) is 20.8. The number of nitrogens with one attached hydrogen (secondary N) is 2. The highest BCUT2D eigenvalue weighted by atomic mass is 35.5. The molecule has 1 fully saturated rings. The summed E-state index contributed by atoms with van der Waals surface area (Å²) in [7, 11) is 0. The van der Waals surface area contributed by atoms with E-state index in [1.807, 2.05) is 53.1 Å². The molecule has 0 radical (unpaired) electrons. The minimum atomic E-state index is -0.182.